The molecule has 0 saturated carbocycles. The summed E-state index contributed by atoms with van der Waals surface area (Å²) in [6.45, 7) is 2.30. The van der Waals surface area contributed by atoms with E-state index in [4.69, 9.17) is 0 Å². The summed E-state index contributed by atoms with van der Waals surface area (Å²) in [4.78, 5) is 0. The molecule has 0 aromatic heterocycles. The van der Waals surface area contributed by atoms with Crippen LogP contribution in [-0.4, -0.2) is 23.0 Å². The van der Waals surface area contributed by atoms with E-state index in [9.17, 15) is 0 Å². The third-order valence-electron chi connectivity index (χ3n) is 6.31. The second kappa shape index (κ2) is 27.8. The molecular formula is C27H57Sb. The SMILES string of the molecule is CCCCCCCCCCCCCCCCCCCCCCCCCC[CH2][SbH2]. The molecule has 0 radical (unpaired) electrons. The summed E-state index contributed by atoms with van der Waals surface area (Å²) in [5.74, 6) is 0. The van der Waals surface area contributed by atoms with Gasteiger partial charge >= 0.3 is 98.0 Å². The van der Waals surface area contributed by atoms with Crippen LogP contribution in [0.2, 0.25) is 4.37 Å². The molecule has 1 heteroatoms. The Morgan fingerprint density at radius 2 is 0.464 bits per heavy atom. The summed E-state index contributed by atoms with van der Waals surface area (Å²) >= 11 is 1.47. The standard InChI is InChI=1S/C27H55.Sb.2H/c1-3-5-7-9-11-13-15-17-19-21-23-25-27-26-24-22-20-18-16-14-12-10-8-6-4-2;;;/h1,3-27H2,2H3;;;. The minimum atomic E-state index is 1.38. The predicted molar refractivity (Wildman–Crippen MR) is 134 cm³/mol. The molecule has 0 saturated heterocycles. The zero-order chi connectivity index (χ0) is 20.4. The Labute approximate surface area is 194 Å². The Hall–Kier alpha value is 0.818. The van der Waals surface area contributed by atoms with E-state index in [1.165, 1.54) is 188 Å². The van der Waals surface area contributed by atoms with Crippen LogP contribution < -0.4 is 0 Å². The van der Waals surface area contributed by atoms with Gasteiger partial charge in [0.25, 0.3) is 0 Å². The molecule has 0 aliphatic heterocycles. The van der Waals surface area contributed by atoms with Crippen LogP contribution in [0.25, 0.3) is 0 Å². The number of hydrogen-bond donors (Lipinski definition) is 0. The van der Waals surface area contributed by atoms with E-state index < -0.39 is 0 Å². The summed E-state index contributed by atoms with van der Waals surface area (Å²) in [6, 6.07) is 0. The maximum atomic E-state index is 2.30. The van der Waals surface area contributed by atoms with Crippen molar-refractivity contribution in [3.05, 3.63) is 0 Å². The van der Waals surface area contributed by atoms with Crippen LogP contribution in [0.5, 0.6) is 0 Å². The molecule has 0 aliphatic carbocycles. The third kappa shape index (κ3) is 26.8. The van der Waals surface area contributed by atoms with E-state index in [0.29, 0.717) is 0 Å². The Bertz CT molecular complexity index is 225. The molecule has 0 aromatic carbocycles. The molecular weight excluding hydrogens is 446 g/mol. The van der Waals surface area contributed by atoms with Crippen LogP contribution in [0, 0.1) is 0 Å². The van der Waals surface area contributed by atoms with Crippen molar-refractivity contribution < 1.29 is 0 Å². The zero-order valence-corrected chi connectivity index (χ0v) is 23.3. The molecule has 0 atom stereocenters. The molecule has 0 spiro atoms. The van der Waals surface area contributed by atoms with E-state index in [2.05, 4.69) is 6.92 Å². The molecule has 0 heterocycles. The molecule has 28 heavy (non-hydrogen) atoms. The molecule has 0 nitrogen and oxygen atoms in total. The molecule has 0 N–H and O–H groups in total. The van der Waals surface area contributed by atoms with E-state index in [-0.39, 0.29) is 0 Å². The Balaban J connectivity index is 2.96. The van der Waals surface area contributed by atoms with Crippen molar-refractivity contribution in [2.45, 2.75) is 172 Å². The van der Waals surface area contributed by atoms with Gasteiger partial charge in [-0.25, -0.2) is 0 Å². The van der Waals surface area contributed by atoms with E-state index in [1.54, 1.807) is 0 Å². The van der Waals surface area contributed by atoms with Gasteiger partial charge in [0, 0.05) is 0 Å². The first-order valence-corrected chi connectivity index (χ1v) is 15.9. The molecule has 0 aromatic rings. The van der Waals surface area contributed by atoms with Crippen molar-refractivity contribution in [2.75, 3.05) is 0 Å². The van der Waals surface area contributed by atoms with Gasteiger partial charge in [0.2, 0.25) is 0 Å². The summed E-state index contributed by atoms with van der Waals surface area (Å²) < 4.78 is 1.50. The summed E-state index contributed by atoms with van der Waals surface area (Å²) in [7, 11) is 0. The quantitative estimate of drug-likeness (QED) is 0.0859. The molecule has 0 unspecified atom stereocenters. The minimum absolute atomic E-state index is 1.38. The Kier molecular flexibility index (Phi) is 28.6. The fourth-order valence-corrected chi connectivity index (χ4v) is 5.11. The van der Waals surface area contributed by atoms with Crippen LogP contribution in [0.3, 0.4) is 0 Å². The molecule has 0 rings (SSSR count). The average molecular weight is 504 g/mol. The second-order valence-corrected chi connectivity index (χ2v) is 10.9. The van der Waals surface area contributed by atoms with Crippen LogP contribution in [0.4, 0.5) is 0 Å². The van der Waals surface area contributed by atoms with Gasteiger partial charge in [-0.15, -0.1) is 0 Å². The van der Waals surface area contributed by atoms with Crippen molar-refractivity contribution in [1.82, 2.24) is 0 Å². The fourth-order valence-electron chi connectivity index (χ4n) is 4.28. The van der Waals surface area contributed by atoms with Crippen molar-refractivity contribution >= 4 is 23.0 Å². The molecule has 170 valence electrons. The molecule has 0 fully saturated rings. The van der Waals surface area contributed by atoms with Gasteiger partial charge in [-0.05, 0) is 0 Å². The number of unbranched alkanes of at least 4 members (excludes halogenated alkanes) is 24. The van der Waals surface area contributed by atoms with E-state index in [0.717, 1.165) is 0 Å². The van der Waals surface area contributed by atoms with Crippen LogP contribution in [0.15, 0.2) is 0 Å². The summed E-state index contributed by atoms with van der Waals surface area (Å²) in [5.41, 5.74) is 0. The molecule has 0 amide bonds. The van der Waals surface area contributed by atoms with Gasteiger partial charge < -0.3 is 0 Å². The summed E-state index contributed by atoms with van der Waals surface area (Å²) in [5, 5.41) is 0. The average Bonchev–Trinajstić information content (AvgIpc) is 2.71. The van der Waals surface area contributed by atoms with Gasteiger partial charge in [-0.2, -0.15) is 0 Å². The van der Waals surface area contributed by atoms with Crippen molar-refractivity contribution in [2.24, 2.45) is 0 Å². The monoisotopic (exact) mass is 502 g/mol. The second-order valence-electron chi connectivity index (χ2n) is 9.27. The van der Waals surface area contributed by atoms with Crippen LogP contribution >= 0.6 is 0 Å². The number of rotatable bonds is 25. The first-order valence-electron chi connectivity index (χ1n) is 13.6. The van der Waals surface area contributed by atoms with Crippen molar-refractivity contribution in [1.29, 1.82) is 0 Å². The van der Waals surface area contributed by atoms with Crippen molar-refractivity contribution in [3.8, 4) is 0 Å². The Morgan fingerprint density at radius 3 is 0.643 bits per heavy atom. The van der Waals surface area contributed by atoms with Crippen LogP contribution in [0.1, 0.15) is 167 Å². The first-order chi connectivity index (χ1) is 13.9. The van der Waals surface area contributed by atoms with E-state index >= 15 is 0 Å². The van der Waals surface area contributed by atoms with Gasteiger partial charge in [-0.3, -0.25) is 0 Å². The van der Waals surface area contributed by atoms with Crippen molar-refractivity contribution in [3.63, 3.8) is 0 Å². The van der Waals surface area contributed by atoms with Gasteiger partial charge in [0.15, 0.2) is 0 Å². The normalized spacial score (nSPS) is 11.4. The third-order valence-corrected chi connectivity index (χ3v) is 7.47. The Morgan fingerprint density at radius 1 is 0.286 bits per heavy atom. The number of hydrogen-bond acceptors (Lipinski definition) is 0. The van der Waals surface area contributed by atoms with E-state index in [1.807, 2.05) is 0 Å². The first kappa shape index (κ1) is 28.8. The molecule has 0 aliphatic rings. The van der Waals surface area contributed by atoms with Gasteiger partial charge in [0.05, 0.1) is 0 Å². The predicted octanol–water partition coefficient (Wildman–Crippen LogP) is 9.81. The maximum absolute atomic E-state index is 2.30. The zero-order valence-electron chi connectivity index (χ0n) is 20.0. The van der Waals surface area contributed by atoms with Gasteiger partial charge in [-0.1, -0.05) is 96.8 Å². The van der Waals surface area contributed by atoms with Crippen LogP contribution in [-0.2, 0) is 0 Å². The van der Waals surface area contributed by atoms with Gasteiger partial charge in [0.1, 0.15) is 0 Å². The fraction of sp³-hybridized carbons (Fsp3) is 1.00. The topological polar surface area (TPSA) is 0 Å². The molecule has 0 bridgehead atoms. The summed E-state index contributed by atoms with van der Waals surface area (Å²) in [6.07, 6.45) is 37.2.